The van der Waals surface area contributed by atoms with E-state index in [1.807, 2.05) is 6.92 Å². The van der Waals surface area contributed by atoms with Crippen LogP contribution in [0.3, 0.4) is 0 Å². The summed E-state index contributed by atoms with van der Waals surface area (Å²) in [7, 11) is -5.76. The molecule has 2 aromatic heterocycles. The van der Waals surface area contributed by atoms with Gasteiger partial charge in [-0.15, -0.1) is 0 Å². The van der Waals surface area contributed by atoms with Crippen LogP contribution < -0.4 is 8.49 Å². The summed E-state index contributed by atoms with van der Waals surface area (Å²) in [5.74, 6) is -1.66. The number of carbonyl (C=O) groups is 1. The molecule has 10 nitrogen and oxygen atoms in total. The molecule has 2 heterocycles. The number of nitrogens with zero attached hydrogens (tertiary/aromatic N) is 3. The molecule has 0 N–H and O–H groups in total. The average Bonchev–Trinajstić information content (AvgIpc) is 2.86. The van der Waals surface area contributed by atoms with Crippen LogP contribution in [0.25, 0.3) is 10.9 Å². The predicted molar refractivity (Wildman–Crippen MR) is 136 cm³/mol. The number of carbonyl (C=O) groups excluding carboxylic acids is 1. The molecule has 12 heteroatoms. The molecular formula is C24H29N3O7S2. The second-order valence-electron chi connectivity index (χ2n) is 8.20. The first-order valence-electron chi connectivity index (χ1n) is 11.4. The van der Waals surface area contributed by atoms with Crippen molar-refractivity contribution >= 4 is 42.8 Å². The van der Waals surface area contributed by atoms with Gasteiger partial charge in [-0.25, -0.2) is 18.2 Å². The molecule has 0 aliphatic carbocycles. The Labute approximate surface area is 211 Å². The van der Waals surface area contributed by atoms with Crippen LogP contribution in [0.4, 0.5) is 5.82 Å². The van der Waals surface area contributed by atoms with Crippen LogP contribution in [-0.4, -0.2) is 52.7 Å². The number of methoxy groups -OCH3 is 1. The molecule has 1 aromatic carbocycles. The third kappa shape index (κ3) is 5.93. The number of sulfonamides is 1. The van der Waals surface area contributed by atoms with Crippen molar-refractivity contribution in [2.24, 2.45) is 0 Å². The minimum Gasteiger partial charge on any atom is -0.464 e. The first-order valence-corrected chi connectivity index (χ1v) is 14.4. The highest BCUT2D eigenvalue weighted by Crippen LogP contribution is 2.36. The second kappa shape index (κ2) is 11.2. The molecule has 0 aliphatic rings. The standard InChI is InChI=1S/C24H29N3O7S2/c1-5-6-7-8-16-35(29,30)27(3)23-19-10-9-15-25-20(19)22(21(26-23)24(28)33-4)34-36(31,32)18-13-11-17(2)12-14-18/h9-15H,5-8,16H2,1-4H3. The quantitative estimate of drug-likeness (QED) is 0.204. The predicted octanol–water partition coefficient (Wildman–Crippen LogP) is 3.84. The fraction of sp³-hybridized carbons (Fsp3) is 0.375. The summed E-state index contributed by atoms with van der Waals surface area (Å²) in [6.07, 6.45) is 4.48. The first kappa shape index (κ1) is 27.3. The third-order valence-corrected chi connectivity index (χ3v) is 8.60. The number of esters is 1. The number of fused-ring (bicyclic) bond motifs is 1. The smallest absolute Gasteiger partial charge is 0.360 e. The van der Waals surface area contributed by atoms with Crippen LogP contribution in [0.1, 0.15) is 48.7 Å². The van der Waals surface area contributed by atoms with Gasteiger partial charge in [0.1, 0.15) is 10.4 Å². The number of unbranched alkanes of at least 4 members (excludes halogenated alkanes) is 3. The molecule has 0 radical (unpaired) electrons. The van der Waals surface area contributed by atoms with Gasteiger partial charge in [-0.3, -0.25) is 9.29 Å². The molecule has 0 amide bonds. The summed E-state index contributed by atoms with van der Waals surface area (Å²) in [6, 6.07) is 9.04. The van der Waals surface area contributed by atoms with Crippen LogP contribution in [0, 0.1) is 6.92 Å². The van der Waals surface area contributed by atoms with E-state index in [-0.39, 0.29) is 27.4 Å². The molecule has 0 saturated heterocycles. The number of benzene rings is 1. The number of rotatable bonds is 11. The Balaban J connectivity index is 2.15. The van der Waals surface area contributed by atoms with E-state index in [0.717, 1.165) is 36.2 Å². The summed E-state index contributed by atoms with van der Waals surface area (Å²) in [5, 5.41) is 0.193. The summed E-state index contributed by atoms with van der Waals surface area (Å²) in [4.78, 5) is 20.9. The van der Waals surface area contributed by atoms with E-state index in [4.69, 9.17) is 8.92 Å². The highest BCUT2D eigenvalue weighted by Gasteiger charge is 2.30. The van der Waals surface area contributed by atoms with Crippen LogP contribution in [-0.2, 0) is 24.9 Å². The maximum Gasteiger partial charge on any atom is 0.360 e. The molecule has 194 valence electrons. The zero-order chi connectivity index (χ0) is 26.5. The highest BCUT2D eigenvalue weighted by molar-refractivity contribution is 7.92. The van der Waals surface area contributed by atoms with E-state index in [1.165, 1.54) is 31.4 Å². The second-order valence-corrected chi connectivity index (χ2v) is 11.9. The van der Waals surface area contributed by atoms with Crippen molar-refractivity contribution in [2.75, 3.05) is 24.2 Å². The lowest BCUT2D eigenvalue weighted by Gasteiger charge is -2.22. The maximum absolute atomic E-state index is 13.0. The largest absolute Gasteiger partial charge is 0.464 e. The Kier molecular flexibility index (Phi) is 8.51. The van der Waals surface area contributed by atoms with Crippen molar-refractivity contribution in [3.8, 4) is 5.75 Å². The molecule has 0 bridgehead atoms. The summed E-state index contributed by atoms with van der Waals surface area (Å²) >= 11 is 0. The molecule has 3 aromatic rings. The summed E-state index contributed by atoms with van der Waals surface area (Å²) in [5.41, 5.74) is 0.287. The summed E-state index contributed by atoms with van der Waals surface area (Å²) < 4.78 is 63.3. The van der Waals surface area contributed by atoms with Gasteiger partial charge in [-0.1, -0.05) is 43.9 Å². The Bertz CT molecular complexity index is 1460. The average molecular weight is 536 g/mol. The Morgan fingerprint density at radius 2 is 1.72 bits per heavy atom. The topological polar surface area (TPSA) is 133 Å². The number of aryl methyl sites for hydroxylation is 1. The SMILES string of the molecule is CCCCCCS(=O)(=O)N(C)c1nc(C(=O)OC)c(OS(=O)(=O)c2ccc(C)cc2)c2ncccc12. The number of anilines is 1. The van der Waals surface area contributed by atoms with Gasteiger partial charge < -0.3 is 8.92 Å². The van der Waals surface area contributed by atoms with E-state index in [0.29, 0.717) is 6.42 Å². The lowest BCUT2D eigenvalue weighted by Crippen LogP contribution is -2.30. The van der Waals surface area contributed by atoms with Gasteiger partial charge in [-0.2, -0.15) is 8.42 Å². The van der Waals surface area contributed by atoms with Gasteiger partial charge in [0.2, 0.25) is 15.8 Å². The van der Waals surface area contributed by atoms with Gasteiger partial charge in [0.25, 0.3) is 0 Å². The Hall–Kier alpha value is -3.25. The fourth-order valence-electron chi connectivity index (χ4n) is 3.49. The van der Waals surface area contributed by atoms with Gasteiger partial charge in [-0.05, 0) is 37.6 Å². The van der Waals surface area contributed by atoms with Crippen LogP contribution in [0.5, 0.6) is 5.75 Å². The third-order valence-electron chi connectivity index (χ3n) is 5.55. The zero-order valence-corrected chi connectivity index (χ0v) is 22.2. The molecule has 0 unspecified atom stereocenters. The Morgan fingerprint density at radius 1 is 1.03 bits per heavy atom. The molecule has 0 aliphatic heterocycles. The lowest BCUT2D eigenvalue weighted by atomic mass is 10.2. The van der Waals surface area contributed by atoms with Crippen LogP contribution in [0.15, 0.2) is 47.5 Å². The molecular weight excluding hydrogens is 506 g/mol. The minimum atomic E-state index is -4.38. The minimum absolute atomic E-state index is 0.0494. The summed E-state index contributed by atoms with van der Waals surface area (Å²) in [6.45, 7) is 3.84. The van der Waals surface area contributed by atoms with Crippen LogP contribution in [0.2, 0.25) is 0 Å². The molecule has 0 spiro atoms. The lowest BCUT2D eigenvalue weighted by molar-refractivity contribution is 0.0592. The van der Waals surface area contributed by atoms with Gasteiger partial charge in [0, 0.05) is 18.6 Å². The van der Waals surface area contributed by atoms with Gasteiger partial charge in [0.05, 0.1) is 12.9 Å². The van der Waals surface area contributed by atoms with E-state index < -0.39 is 37.6 Å². The number of hydrogen-bond donors (Lipinski definition) is 0. The normalized spacial score (nSPS) is 11.9. The molecule has 3 rings (SSSR count). The highest BCUT2D eigenvalue weighted by atomic mass is 32.2. The van der Waals surface area contributed by atoms with Crippen LogP contribution >= 0.6 is 0 Å². The number of ether oxygens (including phenoxy) is 1. The molecule has 0 saturated carbocycles. The van der Waals surface area contributed by atoms with E-state index in [9.17, 15) is 21.6 Å². The van der Waals surface area contributed by atoms with Gasteiger partial charge in [0.15, 0.2) is 11.5 Å². The first-order chi connectivity index (χ1) is 17.0. The van der Waals surface area contributed by atoms with Gasteiger partial charge >= 0.3 is 16.1 Å². The van der Waals surface area contributed by atoms with Crippen molar-refractivity contribution in [3.63, 3.8) is 0 Å². The van der Waals surface area contributed by atoms with Crippen molar-refractivity contribution in [2.45, 2.75) is 44.4 Å². The fourth-order valence-corrected chi connectivity index (χ4v) is 5.68. The van der Waals surface area contributed by atoms with Crippen molar-refractivity contribution in [1.82, 2.24) is 9.97 Å². The van der Waals surface area contributed by atoms with E-state index >= 15 is 0 Å². The number of aromatic nitrogens is 2. The molecule has 0 fully saturated rings. The molecule has 0 atom stereocenters. The number of hydrogen-bond acceptors (Lipinski definition) is 9. The Morgan fingerprint density at radius 3 is 2.36 bits per heavy atom. The zero-order valence-electron chi connectivity index (χ0n) is 20.6. The van der Waals surface area contributed by atoms with E-state index in [1.54, 1.807) is 25.1 Å². The van der Waals surface area contributed by atoms with E-state index in [2.05, 4.69) is 9.97 Å². The monoisotopic (exact) mass is 535 g/mol. The van der Waals surface area contributed by atoms with Crippen molar-refractivity contribution < 1.29 is 30.6 Å². The maximum atomic E-state index is 13.0. The molecule has 36 heavy (non-hydrogen) atoms. The van der Waals surface area contributed by atoms with Crippen molar-refractivity contribution in [1.29, 1.82) is 0 Å². The van der Waals surface area contributed by atoms with Crippen molar-refractivity contribution in [3.05, 3.63) is 53.9 Å². The number of pyridine rings is 2.